The Morgan fingerprint density at radius 3 is 0.667 bits per heavy atom. The van der Waals surface area contributed by atoms with Gasteiger partial charge in [-0.25, -0.2) is 9.13 Å². The first kappa shape index (κ1) is 91.1. The molecule has 3 unspecified atom stereocenters. The average molecular weight is 1370 g/mol. The highest BCUT2D eigenvalue weighted by molar-refractivity contribution is 7.47. The number of aliphatic hydroxyl groups is 1. The van der Waals surface area contributed by atoms with E-state index in [1.807, 2.05) is 0 Å². The Morgan fingerprint density at radius 1 is 0.269 bits per heavy atom. The molecular formula is C74H144O17P2. The van der Waals surface area contributed by atoms with Crippen molar-refractivity contribution in [2.24, 2.45) is 23.7 Å². The molecule has 0 radical (unpaired) electrons. The molecule has 0 aromatic rings. The monoisotopic (exact) mass is 1370 g/mol. The van der Waals surface area contributed by atoms with Crippen LogP contribution < -0.4 is 0 Å². The van der Waals surface area contributed by atoms with Crippen LogP contribution in [0.4, 0.5) is 0 Å². The summed E-state index contributed by atoms with van der Waals surface area (Å²) in [4.78, 5) is 72.7. The van der Waals surface area contributed by atoms with Crippen molar-refractivity contribution in [1.82, 2.24) is 0 Å². The van der Waals surface area contributed by atoms with E-state index in [-0.39, 0.29) is 25.7 Å². The van der Waals surface area contributed by atoms with E-state index in [1.165, 1.54) is 173 Å². The normalized spacial score (nSPS) is 14.2. The topological polar surface area (TPSA) is 237 Å². The number of phosphoric ester groups is 2. The molecule has 0 aliphatic carbocycles. The van der Waals surface area contributed by atoms with E-state index in [1.54, 1.807) is 0 Å². The van der Waals surface area contributed by atoms with Crippen molar-refractivity contribution in [2.45, 2.75) is 388 Å². The van der Waals surface area contributed by atoms with Gasteiger partial charge in [-0.2, -0.15) is 0 Å². The van der Waals surface area contributed by atoms with Crippen LogP contribution in [0.5, 0.6) is 0 Å². The molecule has 0 aliphatic heterocycles. The fourth-order valence-electron chi connectivity index (χ4n) is 11.2. The Kier molecular flexibility index (Phi) is 62.2. The second-order valence-electron chi connectivity index (χ2n) is 28.6. The molecule has 0 aromatic heterocycles. The average Bonchev–Trinajstić information content (AvgIpc) is 3.05. The maximum atomic E-state index is 13.1. The molecule has 552 valence electrons. The standard InChI is InChI=1S/C74H144O17P2/c1-64(2)50-42-34-26-18-14-12-10-9-11-13-15-21-30-38-46-54-71(76)84-60-69(90-73(78)56-48-40-32-22-16-19-27-35-43-51-65(3)4)62-88-92(80,81)86-58-68(75)59-87-93(82,83)89-63-70(61-85-72(77)55-47-39-31-25-24-29-37-45-53-67(7)8)91-74(79)57-49-41-33-23-17-20-28-36-44-52-66(5)6/h64-70,75H,9-63H2,1-8H3,(H,80,81)(H,82,83)/t68?,69-,70-/m1/s1. The van der Waals surface area contributed by atoms with Crippen molar-refractivity contribution in [3.8, 4) is 0 Å². The summed E-state index contributed by atoms with van der Waals surface area (Å²) in [6, 6.07) is 0. The molecule has 0 heterocycles. The fraction of sp³-hybridized carbons (Fsp3) is 0.946. The van der Waals surface area contributed by atoms with Crippen molar-refractivity contribution in [3.63, 3.8) is 0 Å². The molecule has 3 N–H and O–H groups in total. The SMILES string of the molecule is CC(C)CCCCCCCCCCCCCCCCCC(=O)OC[C@H](COP(=O)(O)OCC(O)COP(=O)(O)OC[C@@H](COC(=O)CCCCCCCCCCC(C)C)OC(=O)CCCCCCCCCCCC(C)C)OC(=O)CCCCCCCCCCCC(C)C. The molecule has 5 atom stereocenters. The van der Waals surface area contributed by atoms with E-state index in [0.29, 0.717) is 25.7 Å². The van der Waals surface area contributed by atoms with Gasteiger partial charge in [0.2, 0.25) is 0 Å². The molecule has 0 saturated heterocycles. The minimum Gasteiger partial charge on any atom is -0.462 e. The second-order valence-corrected chi connectivity index (χ2v) is 31.5. The van der Waals surface area contributed by atoms with Gasteiger partial charge in [0.05, 0.1) is 26.4 Å². The van der Waals surface area contributed by atoms with Crippen LogP contribution in [-0.4, -0.2) is 96.7 Å². The van der Waals surface area contributed by atoms with Crippen LogP contribution in [0.25, 0.3) is 0 Å². The smallest absolute Gasteiger partial charge is 0.462 e. The molecule has 19 heteroatoms. The number of hydrogen-bond donors (Lipinski definition) is 3. The number of ether oxygens (including phenoxy) is 4. The van der Waals surface area contributed by atoms with E-state index in [0.717, 1.165) is 114 Å². The van der Waals surface area contributed by atoms with Crippen LogP contribution in [0.1, 0.15) is 370 Å². The van der Waals surface area contributed by atoms with Crippen LogP contribution in [0, 0.1) is 23.7 Å². The number of unbranched alkanes of at least 4 members (excludes halogenated alkanes) is 37. The van der Waals surface area contributed by atoms with Crippen LogP contribution in [0.3, 0.4) is 0 Å². The third-order valence-corrected chi connectivity index (χ3v) is 19.0. The maximum Gasteiger partial charge on any atom is 0.472 e. The highest BCUT2D eigenvalue weighted by Gasteiger charge is 2.30. The second kappa shape index (κ2) is 63.5. The lowest BCUT2D eigenvalue weighted by Gasteiger charge is -2.21. The van der Waals surface area contributed by atoms with Gasteiger partial charge in [0.15, 0.2) is 12.2 Å². The molecule has 0 rings (SSSR count). The van der Waals surface area contributed by atoms with Crippen LogP contribution in [0.2, 0.25) is 0 Å². The summed E-state index contributed by atoms with van der Waals surface area (Å²) >= 11 is 0. The van der Waals surface area contributed by atoms with Gasteiger partial charge < -0.3 is 33.8 Å². The molecule has 0 fully saturated rings. The van der Waals surface area contributed by atoms with Crippen molar-refractivity contribution in [3.05, 3.63) is 0 Å². The van der Waals surface area contributed by atoms with Gasteiger partial charge in [-0.05, 0) is 49.4 Å². The summed E-state index contributed by atoms with van der Waals surface area (Å²) in [6.07, 6.45) is 47.3. The van der Waals surface area contributed by atoms with Crippen LogP contribution >= 0.6 is 15.6 Å². The quantitative estimate of drug-likeness (QED) is 0.0222. The number of carbonyl (C=O) groups is 4. The molecule has 17 nitrogen and oxygen atoms in total. The number of rotatable bonds is 71. The zero-order valence-corrected chi connectivity index (χ0v) is 62.7. The molecule has 0 amide bonds. The van der Waals surface area contributed by atoms with Crippen molar-refractivity contribution >= 4 is 39.5 Å². The third-order valence-electron chi connectivity index (χ3n) is 17.1. The summed E-state index contributed by atoms with van der Waals surface area (Å²) in [7, 11) is -9.91. The first-order chi connectivity index (χ1) is 44.6. The van der Waals surface area contributed by atoms with Crippen LogP contribution in [0.15, 0.2) is 0 Å². The van der Waals surface area contributed by atoms with Gasteiger partial charge in [0.25, 0.3) is 0 Å². The molecule has 0 spiro atoms. The molecule has 0 aromatic carbocycles. The zero-order valence-electron chi connectivity index (χ0n) is 60.9. The van der Waals surface area contributed by atoms with E-state index >= 15 is 0 Å². The number of phosphoric acid groups is 2. The van der Waals surface area contributed by atoms with E-state index in [2.05, 4.69) is 55.4 Å². The Hall–Kier alpha value is -1.94. The Bertz CT molecular complexity index is 1830. The van der Waals surface area contributed by atoms with Crippen molar-refractivity contribution in [1.29, 1.82) is 0 Å². The minimum atomic E-state index is -4.96. The Balaban J connectivity index is 5.22. The summed E-state index contributed by atoms with van der Waals surface area (Å²) < 4.78 is 68.4. The van der Waals surface area contributed by atoms with Gasteiger partial charge in [-0.1, -0.05) is 319 Å². The first-order valence-corrected chi connectivity index (χ1v) is 41.2. The first-order valence-electron chi connectivity index (χ1n) is 38.2. The van der Waals surface area contributed by atoms with E-state index in [9.17, 15) is 43.2 Å². The van der Waals surface area contributed by atoms with Crippen molar-refractivity contribution in [2.75, 3.05) is 39.6 Å². The fourth-order valence-corrected chi connectivity index (χ4v) is 12.8. The predicted molar refractivity (Wildman–Crippen MR) is 377 cm³/mol. The van der Waals surface area contributed by atoms with Gasteiger partial charge in [0, 0.05) is 25.7 Å². The third kappa shape index (κ3) is 68.4. The highest BCUT2D eigenvalue weighted by Crippen LogP contribution is 2.45. The number of esters is 4. The predicted octanol–water partition coefficient (Wildman–Crippen LogP) is 21.3. The molecule has 0 bridgehead atoms. The lowest BCUT2D eigenvalue weighted by Crippen LogP contribution is -2.30. The summed E-state index contributed by atoms with van der Waals surface area (Å²) in [6.45, 7) is 14.1. The summed E-state index contributed by atoms with van der Waals surface area (Å²) in [5, 5.41) is 10.6. The Morgan fingerprint density at radius 2 is 0.452 bits per heavy atom. The van der Waals surface area contributed by atoms with Gasteiger partial charge >= 0.3 is 39.5 Å². The van der Waals surface area contributed by atoms with Crippen molar-refractivity contribution < 1.29 is 80.2 Å². The molecule has 93 heavy (non-hydrogen) atoms. The summed E-state index contributed by atoms with van der Waals surface area (Å²) in [5.74, 6) is 0.880. The van der Waals surface area contributed by atoms with E-state index in [4.69, 9.17) is 37.0 Å². The number of aliphatic hydroxyl groups excluding tert-OH is 1. The largest absolute Gasteiger partial charge is 0.472 e. The lowest BCUT2D eigenvalue weighted by molar-refractivity contribution is -0.161. The van der Waals surface area contributed by atoms with Gasteiger partial charge in [0.1, 0.15) is 19.3 Å². The zero-order chi connectivity index (χ0) is 68.9. The van der Waals surface area contributed by atoms with Crippen LogP contribution in [-0.2, 0) is 65.4 Å². The van der Waals surface area contributed by atoms with Gasteiger partial charge in [-0.15, -0.1) is 0 Å². The Labute approximate surface area is 568 Å². The molecule has 0 saturated carbocycles. The summed E-state index contributed by atoms with van der Waals surface area (Å²) in [5.41, 5.74) is 0. The molecular weight excluding hydrogens is 1220 g/mol. The highest BCUT2D eigenvalue weighted by atomic mass is 31.2. The molecule has 0 aliphatic rings. The number of carbonyl (C=O) groups excluding carboxylic acids is 4. The number of hydrogen-bond acceptors (Lipinski definition) is 15. The maximum absolute atomic E-state index is 13.1. The lowest BCUT2D eigenvalue weighted by atomic mass is 10.0. The van der Waals surface area contributed by atoms with Gasteiger partial charge in [-0.3, -0.25) is 37.3 Å². The van der Waals surface area contributed by atoms with E-state index < -0.39 is 97.5 Å². The minimum absolute atomic E-state index is 0.104.